The Kier molecular flexibility index (Phi) is 3.16. The summed E-state index contributed by atoms with van der Waals surface area (Å²) in [6.07, 6.45) is 3.14. The molecule has 2 heterocycles. The number of ether oxygens (including phenoxy) is 2. The number of hydrogen-bond donors (Lipinski definition) is 1. The normalized spacial score (nSPS) is 25.3. The molecule has 98 valence electrons. The average Bonchev–Trinajstić information content (AvgIpc) is 2.38. The van der Waals surface area contributed by atoms with Crippen LogP contribution in [0.1, 0.15) is 30.9 Å². The van der Waals surface area contributed by atoms with E-state index in [0.29, 0.717) is 0 Å². The van der Waals surface area contributed by atoms with Gasteiger partial charge in [0.15, 0.2) is 0 Å². The molecule has 18 heavy (non-hydrogen) atoms. The van der Waals surface area contributed by atoms with Crippen molar-refractivity contribution in [3.63, 3.8) is 0 Å². The first-order valence-electron chi connectivity index (χ1n) is 6.43. The second-order valence-electron chi connectivity index (χ2n) is 5.11. The lowest BCUT2D eigenvalue weighted by atomic mass is 9.83. The highest BCUT2D eigenvalue weighted by molar-refractivity contribution is 7.99. The SMILES string of the molecule is COc1ccc2c(c1)OC1(CCSCC1)CC2N. The van der Waals surface area contributed by atoms with E-state index in [1.165, 1.54) is 11.5 Å². The van der Waals surface area contributed by atoms with Gasteiger partial charge in [0, 0.05) is 24.1 Å². The summed E-state index contributed by atoms with van der Waals surface area (Å²) in [6, 6.07) is 6.04. The van der Waals surface area contributed by atoms with E-state index in [-0.39, 0.29) is 11.6 Å². The molecule has 0 amide bonds. The molecule has 0 saturated carbocycles. The number of benzene rings is 1. The van der Waals surface area contributed by atoms with Gasteiger partial charge in [0.1, 0.15) is 17.1 Å². The van der Waals surface area contributed by atoms with Gasteiger partial charge in [-0.05, 0) is 30.4 Å². The van der Waals surface area contributed by atoms with Gasteiger partial charge in [-0.3, -0.25) is 0 Å². The summed E-state index contributed by atoms with van der Waals surface area (Å²) in [4.78, 5) is 0. The Morgan fingerprint density at radius 3 is 2.89 bits per heavy atom. The molecule has 1 fully saturated rings. The molecular weight excluding hydrogens is 246 g/mol. The van der Waals surface area contributed by atoms with Crippen molar-refractivity contribution in [2.75, 3.05) is 18.6 Å². The van der Waals surface area contributed by atoms with E-state index < -0.39 is 0 Å². The Morgan fingerprint density at radius 2 is 2.17 bits per heavy atom. The third kappa shape index (κ3) is 2.08. The number of methoxy groups -OCH3 is 1. The second kappa shape index (κ2) is 4.67. The van der Waals surface area contributed by atoms with Crippen LogP contribution < -0.4 is 15.2 Å². The van der Waals surface area contributed by atoms with Gasteiger partial charge in [0.25, 0.3) is 0 Å². The van der Waals surface area contributed by atoms with Crippen molar-refractivity contribution in [2.45, 2.75) is 30.9 Å². The zero-order chi connectivity index (χ0) is 12.6. The fourth-order valence-electron chi connectivity index (χ4n) is 2.87. The van der Waals surface area contributed by atoms with Crippen molar-refractivity contribution in [1.82, 2.24) is 0 Å². The van der Waals surface area contributed by atoms with E-state index in [1.807, 2.05) is 30.0 Å². The molecule has 0 bridgehead atoms. The molecule has 0 radical (unpaired) electrons. The van der Waals surface area contributed by atoms with E-state index in [2.05, 4.69) is 0 Å². The molecule has 1 aromatic carbocycles. The summed E-state index contributed by atoms with van der Waals surface area (Å²) in [5.74, 6) is 4.10. The highest BCUT2D eigenvalue weighted by atomic mass is 32.2. The Bertz CT molecular complexity index is 443. The lowest BCUT2D eigenvalue weighted by molar-refractivity contribution is 0.0277. The third-order valence-corrected chi connectivity index (χ3v) is 4.93. The molecule has 1 aromatic rings. The van der Waals surface area contributed by atoms with Gasteiger partial charge < -0.3 is 15.2 Å². The van der Waals surface area contributed by atoms with Crippen LogP contribution in [-0.4, -0.2) is 24.2 Å². The molecule has 0 aliphatic carbocycles. The lowest BCUT2D eigenvalue weighted by Crippen LogP contribution is -2.45. The summed E-state index contributed by atoms with van der Waals surface area (Å²) in [6.45, 7) is 0. The summed E-state index contributed by atoms with van der Waals surface area (Å²) in [5, 5.41) is 0. The Morgan fingerprint density at radius 1 is 1.39 bits per heavy atom. The molecule has 3 nitrogen and oxygen atoms in total. The smallest absolute Gasteiger partial charge is 0.128 e. The van der Waals surface area contributed by atoms with Crippen LogP contribution in [0.25, 0.3) is 0 Å². The van der Waals surface area contributed by atoms with Crippen molar-refractivity contribution in [2.24, 2.45) is 5.73 Å². The minimum atomic E-state index is -0.0377. The maximum Gasteiger partial charge on any atom is 0.128 e. The minimum absolute atomic E-state index is 0.0377. The van der Waals surface area contributed by atoms with E-state index in [9.17, 15) is 0 Å². The molecule has 4 heteroatoms. The van der Waals surface area contributed by atoms with Crippen molar-refractivity contribution < 1.29 is 9.47 Å². The number of rotatable bonds is 1. The third-order valence-electron chi connectivity index (χ3n) is 3.94. The first-order chi connectivity index (χ1) is 8.72. The van der Waals surface area contributed by atoms with Crippen molar-refractivity contribution in [1.29, 1.82) is 0 Å². The maximum absolute atomic E-state index is 6.32. The summed E-state index contributed by atoms with van der Waals surface area (Å²) < 4.78 is 11.6. The zero-order valence-corrected chi connectivity index (χ0v) is 11.5. The number of fused-ring (bicyclic) bond motifs is 1. The topological polar surface area (TPSA) is 44.5 Å². The number of thioether (sulfide) groups is 1. The lowest BCUT2D eigenvalue weighted by Gasteiger charge is -2.43. The molecular formula is C14H19NO2S. The van der Waals surface area contributed by atoms with Gasteiger partial charge in [0.2, 0.25) is 0 Å². The van der Waals surface area contributed by atoms with Crippen LogP contribution in [0.5, 0.6) is 11.5 Å². The molecule has 0 aromatic heterocycles. The highest BCUT2D eigenvalue weighted by Crippen LogP contribution is 2.45. The highest BCUT2D eigenvalue weighted by Gasteiger charge is 2.40. The van der Waals surface area contributed by atoms with Gasteiger partial charge in [-0.15, -0.1) is 0 Å². The minimum Gasteiger partial charge on any atom is -0.497 e. The first kappa shape index (κ1) is 12.2. The molecule has 2 aliphatic heterocycles. The zero-order valence-electron chi connectivity index (χ0n) is 10.6. The molecule has 1 unspecified atom stereocenters. The fourth-order valence-corrected chi connectivity index (χ4v) is 4.11. The Balaban J connectivity index is 1.94. The van der Waals surface area contributed by atoms with E-state index in [1.54, 1.807) is 7.11 Å². The molecule has 1 saturated heterocycles. The van der Waals surface area contributed by atoms with Crippen LogP contribution in [0.2, 0.25) is 0 Å². The first-order valence-corrected chi connectivity index (χ1v) is 7.58. The maximum atomic E-state index is 6.32. The standard InChI is InChI=1S/C14H19NO2S/c1-16-10-2-3-11-12(15)9-14(17-13(11)8-10)4-6-18-7-5-14/h2-3,8,12H,4-7,9,15H2,1H3. The average molecular weight is 265 g/mol. The molecule has 2 N–H and O–H groups in total. The van der Waals surface area contributed by atoms with E-state index in [4.69, 9.17) is 15.2 Å². The van der Waals surface area contributed by atoms with Gasteiger partial charge >= 0.3 is 0 Å². The predicted octanol–water partition coefficient (Wildman–Crippen LogP) is 2.74. The van der Waals surface area contributed by atoms with Crippen molar-refractivity contribution in [3.8, 4) is 11.5 Å². The molecule has 3 rings (SSSR count). The van der Waals surface area contributed by atoms with E-state index >= 15 is 0 Å². The number of nitrogens with two attached hydrogens (primary N) is 1. The van der Waals surface area contributed by atoms with Gasteiger partial charge in [-0.2, -0.15) is 11.8 Å². The van der Waals surface area contributed by atoms with Crippen molar-refractivity contribution >= 4 is 11.8 Å². The quantitative estimate of drug-likeness (QED) is 0.848. The molecule has 1 atom stereocenters. The van der Waals surface area contributed by atoms with Gasteiger partial charge in [-0.1, -0.05) is 6.07 Å². The van der Waals surface area contributed by atoms with Crippen LogP contribution in [-0.2, 0) is 0 Å². The fraction of sp³-hybridized carbons (Fsp3) is 0.571. The Hall–Kier alpha value is -0.870. The van der Waals surface area contributed by atoms with Crippen LogP contribution in [0.3, 0.4) is 0 Å². The van der Waals surface area contributed by atoms with Gasteiger partial charge in [0.05, 0.1) is 7.11 Å². The van der Waals surface area contributed by atoms with Crippen molar-refractivity contribution in [3.05, 3.63) is 23.8 Å². The molecule has 1 spiro atoms. The predicted molar refractivity (Wildman–Crippen MR) is 74.5 cm³/mol. The van der Waals surface area contributed by atoms with Crippen LogP contribution in [0.4, 0.5) is 0 Å². The summed E-state index contributed by atoms with van der Waals surface area (Å²) >= 11 is 2.01. The largest absolute Gasteiger partial charge is 0.497 e. The van der Waals surface area contributed by atoms with Gasteiger partial charge in [-0.25, -0.2) is 0 Å². The monoisotopic (exact) mass is 265 g/mol. The van der Waals surface area contributed by atoms with Crippen LogP contribution in [0.15, 0.2) is 18.2 Å². The van der Waals surface area contributed by atoms with Crippen LogP contribution >= 0.6 is 11.8 Å². The second-order valence-corrected chi connectivity index (χ2v) is 6.34. The molecule has 2 aliphatic rings. The van der Waals surface area contributed by atoms with E-state index in [0.717, 1.165) is 36.3 Å². The number of hydrogen-bond acceptors (Lipinski definition) is 4. The summed E-state index contributed by atoms with van der Waals surface area (Å²) in [5.41, 5.74) is 7.39. The summed E-state index contributed by atoms with van der Waals surface area (Å²) in [7, 11) is 1.68. The van der Waals surface area contributed by atoms with Crippen LogP contribution in [0, 0.1) is 0 Å². The Labute approximate surface area is 112 Å².